The zero-order chi connectivity index (χ0) is 39.8. The highest BCUT2D eigenvalue weighted by Crippen LogP contribution is 2.71. The maximum atomic E-state index is 13.4. The average molecular weight is 765 g/mol. The van der Waals surface area contributed by atoms with E-state index >= 15 is 0 Å². The summed E-state index contributed by atoms with van der Waals surface area (Å²) in [5.74, 6) is -1.60. The van der Waals surface area contributed by atoms with Gasteiger partial charge >= 0.3 is 5.97 Å². The summed E-state index contributed by atoms with van der Waals surface area (Å²) < 4.78 is 36.3. The topological polar surface area (TPSA) is 191 Å². The number of hydrogen-bond donors (Lipinski definition) is 5. The van der Waals surface area contributed by atoms with Crippen molar-refractivity contribution in [2.45, 2.75) is 191 Å². The maximum Gasteiger partial charge on any atom is 0.330 e. The minimum Gasteiger partial charge on any atom is -0.458 e. The summed E-state index contributed by atoms with van der Waals surface area (Å²) in [6.07, 6.45) is -0.668. The first kappa shape index (κ1) is 41.8. The number of fused-ring (bicyclic) bond motifs is 5. The predicted octanol–water partition coefficient (Wildman–Crippen LogP) is 3.40. The van der Waals surface area contributed by atoms with Gasteiger partial charge in [-0.2, -0.15) is 0 Å². The highest BCUT2D eigenvalue weighted by atomic mass is 16.7. The minimum atomic E-state index is -2.01. The lowest BCUT2D eigenvalue weighted by Gasteiger charge is -2.67. The Morgan fingerprint density at radius 2 is 1.61 bits per heavy atom. The third-order valence-corrected chi connectivity index (χ3v) is 14.9. The van der Waals surface area contributed by atoms with Gasteiger partial charge in [0.25, 0.3) is 0 Å². The molecule has 13 nitrogen and oxygen atoms in total. The third-order valence-electron chi connectivity index (χ3n) is 14.9. The van der Waals surface area contributed by atoms with Crippen LogP contribution in [0.3, 0.4) is 0 Å². The van der Waals surface area contributed by atoms with Crippen LogP contribution in [0.5, 0.6) is 0 Å². The Morgan fingerprint density at radius 1 is 0.944 bits per heavy atom. The fourth-order valence-corrected chi connectivity index (χ4v) is 11.0. The lowest BCUT2D eigenvalue weighted by atomic mass is 9.42. The van der Waals surface area contributed by atoms with Gasteiger partial charge in [-0.1, -0.05) is 38.0 Å². The van der Waals surface area contributed by atoms with Crippen LogP contribution in [0, 0.1) is 22.7 Å². The van der Waals surface area contributed by atoms with Crippen molar-refractivity contribution in [2.24, 2.45) is 22.7 Å². The summed E-state index contributed by atoms with van der Waals surface area (Å²) in [6, 6.07) is 0. The van der Waals surface area contributed by atoms with Crippen LogP contribution >= 0.6 is 0 Å². The number of methoxy groups -OCH3 is 1. The van der Waals surface area contributed by atoms with Crippen LogP contribution < -0.4 is 0 Å². The first-order chi connectivity index (χ1) is 25.1. The lowest BCUT2D eigenvalue weighted by molar-refractivity contribution is -0.320. The van der Waals surface area contributed by atoms with Crippen LogP contribution in [0.25, 0.3) is 0 Å². The summed E-state index contributed by atoms with van der Waals surface area (Å²) >= 11 is 0. The van der Waals surface area contributed by atoms with Crippen molar-refractivity contribution in [1.29, 1.82) is 0 Å². The Kier molecular flexibility index (Phi) is 11.5. The molecule has 6 rings (SSSR count). The van der Waals surface area contributed by atoms with Crippen LogP contribution in [0.1, 0.15) is 113 Å². The van der Waals surface area contributed by atoms with E-state index in [9.17, 15) is 35.1 Å². The first-order valence-electron chi connectivity index (χ1n) is 19.9. The molecule has 0 amide bonds. The highest BCUT2D eigenvalue weighted by molar-refractivity contribution is 5.87. The molecule has 54 heavy (non-hydrogen) atoms. The van der Waals surface area contributed by atoms with Crippen LogP contribution in [-0.4, -0.2) is 123 Å². The molecule has 2 saturated heterocycles. The van der Waals surface area contributed by atoms with Crippen LogP contribution in [0.15, 0.2) is 23.3 Å². The van der Waals surface area contributed by atoms with Crippen molar-refractivity contribution < 1.29 is 63.5 Å². The van der Waals surface area contributed by atoms with E-state index in [0.29, 0.717) is 25.7 Å². The molecular weight excluding hydrogens is 700 g/mol. The second kappa shape index (κ2) is 14.9. The van der Waals surface area contributed by atoms with Crippen molar-refractivity contribution in [3.63, 3.8) is 0 Å². The molecule has 6 aliphatic rings. The summed E-state index contributed by atoms with van der Waals surface area (Å²) in [6.45, 7) is 14.3. The number of rotatable bonds is 9. The van der Waals surface area contributed by atoms with E-state index in [1.165, 1.54) is 20.1 Å². The van der Waals surface area contributed by atoms with E-state index in [1.807, 2.05) is 33.8 Å². The number of carbonyl (C=O) groups is 2. The number of esters is 1. The zero-order valence-corrected chi connectivity index (χ0v) is 33.4. The quantitative estimate of drug-likeness (QED) is 0.131. The standard InChI is InChI=1S/C41H64O13/c1-21(2)22(3)16-32(44)53-31-20-30-37(7)12-11-27(17-26(37)10-13-40(30,47)41(48)15-14-39(46,25(6)42)38(31,41)8)52-33-18-28(43)36(24(5)51-33)54-34-19-29(49-9)35(45)23(4)50-34/h10,16,21,23-24,27-31,33-36,43,45-48H,11-15,17-20H2,1-9H3/t23-,24+,27-,28-,29-,30+,31+,33-,34-,35+,36+,37-,38+,39+,40-,41+/m0/s1. The van der Waals surface area contributed by atoms with Crippen molar-refractivity contribution in [1.82, 2.24) is 0 Å². The van der Waals surface area contributed by atoms with Gasteiger partial charge in [0.2, 0.25) is 0 Å². The molecule has 306 valence electrons. The summed E-state index contributed by atoms with van der Waals surface area (Å²) in [5.41, 5.74) is -6.06. The SMILES string of the molecule is CO[C@H]1C[C@H](O[C@H]2[C@@H](O)C[C@H](O[C@H]3CC[C@@]4(C)C(=CC[C@]5(O)[C@@H]4C[C@@H](OC(=O)C=C(C)C(C)C)[C@@]4(C)[C@]5(O)CC[C@@]4(O)C(C)=O)C3)O[C@@H]2C)O[C@@H](C)[C@H]1O. The number of carbonyl (C=O) groups excluding carboxylic acids is 2. The van der Waals surface area contributed by atoms with Crippen LogP contribution in [0.2, 0.25) is 0 Å². The van der Waals surface area contributed by atoms with Gasteiger partial charge in [0.1, 0.15) is 35.1 Å². The number of aliphatic hydroxyl groups is 5. The highest BCUT2D eigenvalue weighted by Gasteiger charge is 2.81. The molecular formula is C41H64O13. The Bertz CT molecular complexity index is 1480. The second-order valence-corrected chi connectivity index (χ2v) is 18.0. The predicted molar refractivity (Wildman–Crippen MR) is 195 cm³/mol. The number of hydrogen-bond acceptors (Lipinski definition) is 13. The van der Waals surface area contributed by atoms with Gasteiger partial charge in [0.15, 0.2) is 18.4 Å². The normalized spacial score (nSPS) is 49.4. The summed E-state index contributed by atoms with van der Waals surface area (Å²) in [4.78, 5) is 26.5. The van der Waals surface area contributed by atoms with Crippen molar-refractivity contribution in [3.05, 3.63) is 23.3 Å². The van der Waals surface area contributed by atoms with Gasteiger partial charge < -0.3 is 54.0 Å². The summed E-state index contributed by atoms with van der Waals surface area (Å²) in [5, 5.41) is 59.0. The molecule has 16 atom stereocenters. The number of ketones is 1. The van der Waals surface area contributed by atoms with E-state index in [0.717, 1.165) is 11.1 Å². The summed E-state index contributed by atoms with van der Waals surface area (Å²) in [7, 11) is 1.53. The van der Waals surface area contributed by atoms with Gasteiger partial charge in [-0.25, -0.2) is 4.79 Å². The molecule has 2 aliphatic heterocycles. The molecule has 0 aromatic carbocycles. The molecule has 0 bridgehead atoms. The molecule has 0 aromatic heterocycles. The Labute approximate surface area is 319 Å². The van der Waals surface area contributed by atoms with Gasteiger partial charge in [0.05, 0.1) is 35.9 Å². The Hall–Kier alpha value is -1.78. The minimum absolute atomic E-state index is 0.0302. The monoisotopic (exact) mass is 764 g/mol. The largest absolute Gasteiger partial charge is 0.458 e. The fraction of sp³-hybridized carbons (Fsp3) is 0.854. The van der Waals surface area contributed by atoms with E-state index in [1.54, 1.807) is 13.8 Å². The van der Waals surface area contributed by atoms with E-state index in [-0.39, 0.29) is 44.1 Å². The number of aliphatic hydroxyl groups excluding tert-OH is 2. The molecule has 0 radical (unpaired) electrons. The molecule has 4 aliphatic carbocycles. The second-order valence-electron chi connectivity index (χ2n) is 18.0. The first-order valence-corrected chi connectivity index (χ1v) is 19.9. The third kappa shape index (κ3) is 6.56. The molecule has 5 N–H and O–H groups in total. The van der Waals surface area contributed by atoms with Crippen molar-refractivity contribution >= 4 is 11.8 Å². The molecule has 3 saturated carbocycles. The van der Waals surface area contributed by atoms with Gasteiger partial charge in [-0.3, -0.25) is 4.79 Å². The van der Waals surface area contributed by atoms with E-state index in [2.05, 4.69) is 6.92 Å². The van der Waals surface area contributed by atoms with E-state index in [4.69, 9.17) is 28.4 Å². The molecule has 0 unspecified atom stereocenters. The van der Waals surface area contributed by atoms with Crippen LogP contribution in [0.4, 0.5) is 0 Å². The maximum absolute atomic E-state index is 13.4. The lowest BCUT2D eigenvalue weighted by Crippen LogP contribution is -2.78. The zero-order valence-electron chi connectivity index (χ0n) is 33.4. The number of ether oxygens (including phenoxy) is 6. The van der Waals surface area contributed by atoms with Gasteiger partial charge in [0, 0.05) is 31.9 Å². The fourth-order valence-electron chi connectivity index (χ4n) is 11.0. The molecule has 13 heteroatoms. The average Bonchev–Trinajstić information content (AvgIpc) is 3.33. The molecule has 2 heterocycles. The van der Waals surface area contributed by atoms with E-state index < -0.39 is 101 Å². The van der Waals surface area contributed by atoms with Crippen molar-refractivity contribution in [2.75, 3.05) is 7.11 Å². The molecule has 0 aromatic rings. The molecule has 5 fully saturated rings. The number of Topliss-reactive ketones (excluding diaryl/α,β-unsaturated/α-hetero) is 1. The Morgan fingerprint density at radius 3 is 2.24 bits per heavy atom. The molecule has 0 spiro atoms. The van der Waals surface area contributed by atoms with Gasteiger partial charge in [-0.15, -0.1) is 0 Å². The smallest absolute Gasteiger partial charge is 0.330 e. The van der Waals surface area contributed by atoms with Crippen LogP contribution in [-0.2, 0) is 38.0 Å². The van der Waals surface area contributed by atoms with Crippen molar-refractivity contribution in [3.8, 4) is 0 Å². The van der Waals surface area contributed by atoms with Gasteiger partial charge in [-0.05, 0) is 90.9 Å². The Balaban J connectivity index is 1.18. The number of allylic oxidation sites excluding steroid dienone is 1.